The van der Waals surface area contributed by atoms with Crippen LogP contribution in [0.25, 0.3) is 0 Å². The van der Waals surface area contributed by atoms with Crippen LogP contribution in [0.5, 0.6) is 0 Å². The van der Waals surface area contributed by atoms with Crippen molar-refractivity contribution < 1.29 is 8.42 Å². The molecule has 5 heteroatoms. The molecule has 1 saturated heterocycles. The molecule has 1 aliphatic rings. The minimum atomic E-state index is -3.18. The summed E-state index contributed by atoms with van der Waals surface area (Å²) in [6, 6.07) is 0. The highest BCUT2D eigenvalue weighted by atomic mass is 32.2. The van der Waals surface area contributed by atoms with E-state index >= 15 is 0 Å². The van der Waals surface area contributed by atoms with Crippen molar-refractivity contribution in [3.63, 3.8) is 0 Å². The topological polar surface area (TPSA) is 58.2 Å². The summed E-state index contributed by atoms with van der Waals surface area (Å²) in [7, 11) is -3.18. The third-order valence-corrected chi connectivity index (χ3v) is 5.29. The van der Waals surface area contributed by atoms with Crippen LogP contribution >= 0.6 is 0 Å². The first-order chi connectivity index (χ1) is 8.99. The van der Waals surface area contributed by atoms with E-state index in [2.05, 4.69) is 30.8 Å². The van der Waals surface area contributed by atoms with Crippen LogP contribution in [0, 0.1) is 11.3 Å². The summed E-state index contributed by atoms with van der Waals surface area (Å²) in [6.07, 6.45) is 3.80. The summed E-state index contributed by atoms with van der Waals surface area (Å²) in [4.78, 5) is 0. The van der Waals surface area contributed by atoms with Gasteiger partial charge >= 0.3 is 0 Å². The molecular formula is C15H32N2O2S. The van der Waals surface area contributed by atoms with E-state index in [9.17, 15) is 8.42 Å². The third-order valence-electron chi connectivity index (χ3n) is 3.66. The fourth-order valence-corrected chi connectivity index (χ4v) is 4.99. The van der Waals surface area contributed by atoms with Gasteiger partial charge in [0.15, 0.2) is 0 Å². The van der Waals surface area contributed by atoms with Gasteiger partial charge in [0, 0.05) is 5.54 Å². The molecule has 0 aliphatic carbocycles. The molecule has 0 amide bonds. The molecule has 20 heavy (non-hydrogen) atoms. The number of hydrogen-bond acceptors (Lipinski definition) is 3. The van der Waals surface area contributed by atoms with Crippen molar-refractivity contribution in [3.8, 4) is 0 Å². The van der Waals surface area contributed by atoms with Gasteiger partial charge in [-0.25, -0.2) is 13.1 Å². The van der Waals surface area contributed by atoms with Crippen molar-refractivity contribution in [3.05, 3.63) is 0 Å². The summed E-state index contributed by atoms with van der Waals surface area (Å²) in [5.41, 5.74) is -0.272. The Kier molecular flexibility index (Phi) is 6.05. The molecule has 1 rings (SSSR count). The molecule has 0 aromatic carbocycles. The van der Waals surface area contributed by atoms with Crippen molar-refractivity contribution in [1.29, 1.82) is 0 Å². The highest BCUT2D eigenvalue weighted by Crippen LogP contribution is 2.27. The van der Waals surface area contributed by atoms with E-state index in [1.807, 2.05) is 13.8 Å². The monoisotopic (exact) mass is 304 g/mol. The largest absolute Gasteiger partial charge is 0.317 e. The molecule has 2 N–H and O–H groups in total. The molecule has 0 spiro atoms. The zero-order valence-corrected chi connectivity index (χ0v) is 14.6. The Morgan fingerprint density at radius 2 is 1.65 bits per heavy atom. The Morgan fingerprint density at radius 1 is 1.10 bits per heavy atom. The smallest absolute Gasteiger partial charge is 0.212 e. The average Bonchev–Trinajstić information content (AvgIpc) is 2.23. The number of hydrogen-bond donors (Lipinski definition) is 2. The normalized spacial score (nSPS) is 19.2. The minimum Gasteiger partial charge on any atom is -0.317 e. The molecular weight excluding hydrogens is 272 g/mol. The molecule has 120 valence electrons. The Morgan fingerprint density at radius 3 is 2.15 bits per heavy atom. The maximum absolute atomic E-state index is 12.2. The number of piperidine rings is 1. The molecule has 1 heterocycles. The van der Waals surface area contributed by atoms with E-state index in [-0.39, 0.29) is 16.7 Å². The zero-order chi connectivity index (χ0) is 15.4. The van der Waals surface area contributed by atoms with E-state index in [4.69, 9.17) is 0 Å². The molecule has 1 fully saturated rings. The molecule has 0 saturated carbocycles. The van der Waals surface area contributed by atoms with Crippen LogP contribution in [0.2, 0.25) is 0 Å². The summed E-state index contributed by atoms with van der Waals surface area (Å²) >= 11 is 0. The lowest BCUT2D eigenvalue weighted by Crippen LogP contribution is -2.46. The van der Waals surface area contributed by atoms with E-state index in [0.717, 1.165) is 38.8 Å². The van der Waals surface area contributed by atoms with Crippen LogP contribution in [0.4, 0.5) is 0 Å². The summed E-state index contributed by atoms with van der Waals surface area (Å²) in [5, 5.41) is 3.31. The molecule has 4 nitrogen and oxygen atoms in total. The summed E-state index contributed by atoms with van der Waals surface area (Å²) in [5.74, 6) is 0.809. The molecule has 0 aromatic heterocycles. The van der Waals surface area contributed by atoms with Gasteiger partial charge in [-0.15, -0.1) is 0 Å². The van der Waals surface area contributed by atoms with E-state index < -0.39 is 10.0 Å². The second-order valence-electron chi connectivity index (χ2n) is 8.02. The number of sulfonamides is 1. The lowest BCUT2D eigenvalue weighted by molar-refractivity contribution is 0.269. The predicted octanol–water partition coefficient (Wildman–Crippen LogP) is 2.51. The maximum atomic E-state index is 12.2. The number of nitrogens with one attached hydrogen (secondary N) is 2. The molecule has 0 aromatic rings. The van der Waals surface area contributed by atoms with Crippen molar-refractivity contribution in [2.75, 3.05) is 18.8 Å². The van der Waals surface area contributed by atoms with E-state index in [1.54, 1.807) is 0 Å². The van der Waals surface area contributed by atoms with Gasteiger partial charge in [0.25, 0.3) is 0 Å². The van der Waals surface area contributed by atoms with Gasteiger partial charge in [-0.05, 0) is 64.0 Å². The van der Waals surface area contributed by atoms with E-state index in [1.165, 1.54) is 0 Å². The first-order valence-electron chi connectivity index (χ1n) is 7.72. The van der Waals surface area contributed by atoms with Crippen LogP contribution in [0.1, 0.15) is 60.3 Å². The Bertz CT molecular complexity index is 391. The summed E-state index contributed by atoms with van der Waals surface area (Å²) < 4.78 is 27.4. The van der Waals surface area contributed by atoms with Gasteiger partial charge in [0.1, 0.15) is 0 Å². The van der Waals surface area contributed by atoms with Gasteiger partial charge in [0.05, 0.1) is 5.75 Å². The molecule has 1 aliphatic heterocycles. The van der Waals surface area contributed by atoms with Crippen molar-refractivity contribution in [2.24, 2.45) is 11.3 Å². The van der Waals surface area contributed by atoms with Crippen LogP contribution in [0.3, 0.4) is 0 Å². The SMILES string of the molecule is CC(C)(C)CC(C)(C)NS(=O)(=O)CCC1CCNCC1. The predicted molar refractivity (Wildman–Crippen MR) is 85.3 cm³/mol. The Balaban J connectivity index is 2.47. The Labute approximate surface area is 125 Å². The standard InChI is InChI=1S/C15H32N2O2S/c1-14(2,3)12-15(4,5)17-20(18,19)11-8-13-6-9-16-10-7-13/h13,16-17H,6-12H2,1-5H3. The molecule has 0 unspecified atom stereocenters. The number of rotatable bonds is 6. The van der Waals surface area contributed by atoms with Crippen LogP contribution in [-0.2, 0) is 10.0 Å². The highest BCUT2D eigenvalue weighted by Gasteiger charge is 2.30. The fraction of sp³-hybridized carbons (Fsp3) is 1.00. The molecule has 0 atom stereocenters. The lowest BCUT2D eigenvalue weighted by Gasteiger charge is -2.33. The van der Waals surface area contributed by atoms with Crippen LogP contribution in [-0.4, -0.2) is 32.8 Å². The maximum Gasteiger partial charge on any atom is 0.212 e. The molecule has 0 bridgehead atoms. The van der Waals surface area contributed by atoms with Crippen LogP contribution in [0.15, 0.2) is 0 Å². The first-order valence-corrected chi connectivity index (χ1v) is 9.37. The summed E-state index contributed by atoms with van der Waals surface area (Å²) in [6.45, 7) is 12.4. The Hall–Kier alpha value is -0.130. The first kappa shape index (κ1) is 17.9. The second kappa shape index (κ2) is 6.75. The second-order valence-corrected chi connectivity index (χ2v) is 9.87. The van der Waals surface area contributed by atoms with Crippen molar-refractivity contribution >= 4 is 10.0 Å². The van der Waals surface area contributed by atoms with Crippen molar-refractivity contribution in [1.82, 2.24) is 10.0 Å². The molecule has 0 radical (unpaired) electrons. The van der Waals surface area contributed by atoms with Gasteiger partial charge in [-0.1, -0.05) is 20.8 Å². The van der Waals surface area contributed by atoms with Gasteiger partial charge in [0.2, 0.25) is 10.0 Å². The lowest BCUT2D eigenvalue weighted by atomic mass is 9.82. The van der Waals surface area contributed by atoms with E-state index in [0.29, 0.717) is 5.92 Å². The quantitative estimate of drug-likeness (QED) is 0.793. The fourth-order valence-electron chi connectivity index (χ4n) is 3.33. The average molecular weight is 305 g/mol. The highest BCUT2D eigenvalue weighted by molar-refractivity contribution is 7.89. The van der Waals surface area contributed by atoms with Gasteiger partial charge in [-0.3, -0.25) is 0 Å². The zero-order valence-electron chi connectivity index (χ0n) is 13.8. The van der Waals surface area contributed by atoms with Crippen LogP contribution < -0.4 is 10.0 Å². The minimum absolute atomic E-state index is 0.112. The van der Waals surface area contributed by atoms with Crippen molar-refractivity contribution in [2.45, 2.75) is 65.8 Å². The van der Waals surface area contributed by atoms with Gasteiger partial charge < -0.3 is 5.32 Å². The third kappa shape index (κ3) is 7.60. The van der Waals surface area contributed by atoms with Gasteiger partial charge in [-0.2, -0.15) is 0 Å².